The average Bonchev–Trinajstić information content (AvgIpc) is 2.88. The van der Waals surface area contributed by atoms with Crippen molar-refractivity contribution in [3.05, 3.63) is 36.0 Å². The highest BCUT2D eigenvalue weighted by Crippen LogP contribution is 2.19. The predicted molar refractivity (Wildman–Crippen MR) is 107 cm³/mol. The van der Waals surface area contributed by atoms with Gasteiger partial charge in [0.25, 0.3) is 0 Å². The average molecular weight is 381 g/mol. The van der Waals surface area contributed by atoms with Crippen LogP contribution in [0.4, 0.5) is 0 Å². The van der Waals surface area contributed by atoms with Crippen molar-refractivity contribution >= 4 is 29.2 Å². The number of carbonyl (C=O) groups is 1. The smallest absolute Gasteiger partial charge is 0.239 e. The van der Waals surface area contributed by atoms with Gasteiger partial charge in [0.1, 0.15) is 0 Å². The van der Waals surface area contributed by atoms with E-state index in [-0.39, 0.29) is 18.3 Å². The van der Waals surface area contributed by atoms with Gasteiger partial charge < -0.3 is 20.4 Å². The number of benzene rings is 1. The van der Waals surface area contributed by atoms with Gasteiger partial charge >= 0.3 is 0 Å². The lowest BCUT2D eigenvalue weighted by atomic mass is 10.0. The Morgan fingerprint density at radius 1 is 1.27 bits per heavy atom. The zero-order chi connectivity index (χ0) is 17.6. The zero-order valence-electron chi connectivity index (χ0n) is 15.3. The summed E-state index contributed by atoms with van der Waals surface area (Å²) in [4.78, 5) is 20.3. The summed E-state index contributed by atoms with van der Waals surface area (Å²) in [7, 11) is 1.72. The second-order valence-electron chi connectivity index (χ2n) is 6.68. The van der Waals surface area contributed by atoms with Crippen LogP contribution in [0.15, 0.2) is 30.5 Å². The maximum Gasteiger partial charge on any atom is 0.239 e. The Morgan fingerprint density at radius 3 is 2.88 bits per heavy atom. The molecule has 0 radical (unpaired) electrons. The first-order valence-corrected chi connectivity index (χ1v) is 8.99. The minimum absolute atomic E-state index is 0. The third-order valence-electron chi connectivity index (χ3n) is 4.94. The van der Waals surface area contributed by atoms with Crippen molar-refractivity contribution in [2.24, 2.45) is 5.73 Å². The van der Waals surface area contributed by atoms with E-state index in [0.29, 0.717) is 6.42 Å². The molecule has 0 aliphatic carbocycles. The molecule has 2 aromatic rings. The summed E-state index contributed by atoms with van der Waals surface area (Å²) in [6.07, 6.45) is 3.51. The van der Waals surface area contributed by atoms with Crippen LogP contribution in [0.1, 0.15) is 12.0 Å². The van der Waals surface area contributed by atoms with Crippen molar-refractivity contribution in [3.8, 4) is 0 Å². The molecular weight excluding hydrogens is 352 g/mol. The van der Waals surface area contributed by atoms with E-state index in [9.17, 15) is 4.79 Å². The highest BCUT2D eigenvalue weighted by Gasteiger charge is 2.24. The second kappa shape index (κ2) is 9.92. The third kappa shape index (κ3) is 4.98. The number of rotatable bonds is 6. The minimum atomic E-state index is -0.496. The monoisotopic (exact) mass is 380 g/mol. The number of hydrogen-bond donors (Lipinski definition) is 2. The van der Waals surface area contributed by atoms with E-state index >= 15 is 0 Å². The van der Waals surface area contributed by atoms with Crippen molar-refractivity contribution in [3.63, 3.8) is 0 Å². The summed E-state index contributed by atoms with van der Waals surface area (Å²) in [6.45, 7) is 5.06. The van der Waals surface area contributed by atoms with E-state index in [1.165, 1.54) is 0 Å². The van der Waals surface area contributed by atoms with Crippen LogP contribution in [0.5, 0.6) is 0 Å². The van der Waals surface area contributed by atoms with Crippen LogP contribution in [0.3, 0.4) is 0 Å². The molecule has 1 saturated heterocycles. The minimum Gasteiger partial charge on any atom is -0.383 e. The molecule has 1 atom stereocenters. The fraction of sp³-hybridized carbons (Fsp3) is 0.526. The number of para-hydroxylation sites is 1. The first-order valence-electron chi connectivity index (χ1n) is 8.99. The number of fused-ring (bicyclic) bond motifs is 1. The first-order chi connectivity index (χ1) is 12.2. The van der Waals surface area contributed by atoms with Gasteiger partial charge in [0.2, 0.25) is 5.91 Å². The fourth-order valence-electron chi connectivity index (χ4n) is 3.49. The van der Waals surface area contributed by atoms with Gasteiger partial charge in [-0.15, -0.1) is 12.4 Å². The molecule has 1 aromatic carbocycles. The molecule has 0 unspecified atom stereocenters. The number of carbonyl (C=O) groups excluding carboxylic acids is 1. The maximum absolute atomic E-state index is 12.8. The lowest BCUT2D eigenvalue weighted by Gasteiger charge is -2.24. The van der Waals surface area contributed by atoms with Crippen LogP contribution >= 0.6 is 12.4 Å². The number of nitrogens with zero attached hydrogens (tertiary/aromatic N) is 2. The molecule has 7 heteroatoms. The number of methoxy groups -OCH3 is 1. The summed E-state index contributed by atoms with van der Waals surface area (Å²) in [5, 5.41) is 1.15. The molecule has 0 spiro atoms. The van der Waals surface area contributed by atoms with Gasteiger partial charge in [-0.2, -0.15) is 0 Å². The Kier molecular flexibility index (Phi) is 7.90. The number of halogens is 1. The van der Waals surface area contributed by atoms with Gasteiger partial charge in [-0.1, -0.05) is 18.2 Å². The summed E-state index contributed by atoms with van der Waals surface area (Å²) in [6, 6.07) is 7.62. The van der Waals surface area contributed by atoms with Gasteiger partial charge in [-0.05, 0) is 31.0 Å². The second-order valence-corrected chi connectivity index (χ2v) is 6.68. The normalized spacial score (nSPS) is 16.9. The largest absolute Gasteiger partial charge is 0.383 e. The Balaban J connectivity index is 0.00000243. The number of ether oxygens (including phenoxy) is 1. The van der Waals surface area contributed by atoms with Crippen molar-refractivity contribution in [1.82, 2.24) is 14.8 Å². The van der Waals surface area contributed by atoms with E-state index in [1.54, 1.807) is 7.11 Å². The molecule has 1 aliphatic rings. The lowest BCUT2D eigenvalue weighted by molar-refractivity contribution is -0.132. The van der Waals surface area contributed by atoms with Crippen molar-refractivity contribution in [1.29, 1.82) is 0 Å². The van der Waals surface area contributed by atoms with E-state index in [1.807, 2.05) is 29.3 Å². The number of nitrogens with two attached hydrogens (primary N) is 1. The number of aromatic amines is 1. The topological polar surface area (TPSA) is 74.6 Å². The highest BCUT2D eigenvalue weighted by atomic mass is 35.5. The Morgan fingerprint density at radius 2 is 2.08 bits per heavy atom. The third-order valence-corrected chi connectivity index (χ3v) is 4.94. The quantitative estimate of drug-likeness (QED) is 0.799. The van der Waals surface area contributed by atoms with Crippen LogP contribution in [-0.2, 0) is 16.0 Å². The molecule has 0 saturated carbocycles. The van der Waals surface area contributed by atoms with Gasteiger partial charge in [-0.3, -0.25) is 9.69 Å². The standard InChI is InChI=1S/C19H28N4O2.ClH/c1-25-12-11-22-7-4-8-23(10-9-22)19(24)17(20)13-15-14-21-18-6-3-2-5-16(15)18;/h2-3,5-6,14,17,21H,4,7-13,20H2,1H3;1H/t17-;/m0./s1. The molecule has 6 nitrogen and oxygen atoms in total. The molecule has 1 aliphatic heterocycles. The molecular formula is C19H29ClN4O2. The zero-order valence-corrected chi connectivity index (χ0v) is 16.1. The lowest BCUT2D eigenvalue weighted by Crippen LogP contribution is -2.46. The SMILES string of the molecule is COCCN1CCCN(C(=O)[C@@H](N)Cc2c[nH]c3ccccc23)CC1.Cl. The molecule has 1 fully saturated rings. The summed E-state index contributed by atoms with van der Waals surface area (Å²) in [5.74, 6) is 0.0545. The maximum atomic E-state index is 12.8. The van der Waals surface area contributed by atoms with Crippen molar-refractivity contribution in [2.45, 2.75) is 18.9 Å². The van der Waals surface area contributed by atoms with Crippen molar-refractivity contribution < 1.29 is 9.53 Å². The van der Waals surface area contributed by atoms with E-state index in [4.69, 9.17) is 10.5 Å². The van der Waals surface area contributed by atoms with Crippen LogP contribution in [0.2, 0.25) is 0 Å². The van der Waals surface area contributed by atoms with E-state index < -0.39 is 6.04 Å². The summed E-state index contributed by atoms with van der Waals surface area (Å²) in [5.41, 5.74) is 8.45. The van der Waals surface area contributed by atoms with Crippen LogP contribution < -0.4 is 5.73 Å². The van der Waals surface area contributed by atoms with Gasteiger partial charge in [0, 0.05) is 50.4 Å². The molecule has 3 N–H and O–H groups in total. The number of hydrogen-bond acceptors (Lipinski definition) is 4. The van der Waals surface area contributed by atoms with Crippen LogP contribution in [0, 0.1) is 0 Å². The van der Waals surface area contributed by atoms with E-state index in [0.717, 1.165) is 62.2 Å². The first kappa shape index (κ1) is 20.7. The highest BCUT2D eigenvalue weighted by molar-refractivity contribution is 5.86. The van der Waals surface area contributed by atoms with Crippen molar-refractivity contribution in [2.75, 3.05) is 46.4 Å². The Hall–Kier alpha value is -1.60. The molecule has 1 aromatic heterocycles. The molecule has 2 heterocycles. The van der Waals surface area contributed by atoms with E-state index in [2.05, 4.69) is 16.0 Å². The van der Waals surface area contributed by atoms with Gasteiger partial charge in [0.15, 0.2) is 0 Å². The molecule has 26 heavy (non-hydrogen) atoms. The number of H-pyrrole nitrogens is 1. The molecule has 0 bridgehead atoms. The summed E-state index contributed by atoms with van der Waals surface area (Å²) >= 11 is 0. The summed E-state index contributed by atoms with van der Waals surface area (Å²) < 4.78 is 5.15. The number of nitrogens with one attached hydrogen (secondary N) is 1. The van der Waals surface area contributed by atoms with Gasteiger partial charge in [0.05, 0.1) is 12.6 Å². The molecule has 3 rings (SSSR count). The number of amides is 1. The Labute approximate surface area is 161 Å². The number of aromatic nitrogens is 1. The predicted octanol–water partition coefficient (Wildman–Crippen LogP) is 1.64. The Bertz CT molecular complexity index is 706. The molecule has 144 valence electrons. The van der Waals surface area contributed by atoms with Crippen LogP contribution in [-0.4, -0.2) is 73.2 Å². The van der Waals surface area contributed by atoms with Gasteiger partial charge in [-0.25, -0.2) is 0 Å². The van der Waals surface area contributed by atoms with Crippen LogP contribution in [0.25, 0.3) is 10.9 Å². The molecule has 1 amide bonds. The fourth-order valence-corrected chi connectivity index (χ4v) is 3.49.